The van der Waals surface area contributed by atoms with Crippen LogP contribution in [0.15, 0.2) is 40.6 Å². The Morgan fingerprint density at radius 1 is 1.07 bits per heavy atom. The van der Waals surface area contributed by atoms with Crippen molar-refractivity contribution >= 4 is 23.9 Å². The number of hydrogen-bond acceptors (Lipinski definition) is 10. The summed E-state index contributed by atoms with van der Waals surface area (Å²) in [5.74, 6) is 0.798. The minimum Gasteiger partial charge on any atom is -0.441 e. The Hall–Kier alpha value is -3.37. The summed E-state index contributed by atoms with van der Waals surface area (Å²) in [4.78, 5) is 29.2. The minimum absolute atomic E-state index is 0.0144. The van der Waals surface area contributed by atoms with Gasteiger partial charge in [0, 0.05) is 45.1 Å². The molecule has 3 amide bonds. The van der Waals surface area contributed by atoms with Crippen LogP contribution >= 0.6 is 0 Å². The lowest BCUT2D eigenvalue weighted by Crippen LogP contribution is -2.75. The molecule has 4 aliphatic rings. The van der Waals surface area contributed by atoms with Crippen molar-refractivity contribution in [2.75, 3.05) is 52.4 Å². The van der Waals surface area contributed by atoms with E-state index in [0.717, 1.165) is 79.9 Å². The first-order chi connectivity index (χ1) is 25.8. The summed E-state index contributed by atoms with van der Waals surface area (Å²) in [6.07, 6.45) is 3.39. The number of quaternary nitrogens is 1. The molecule has 5 atom stereocenters. The second-order valence-electron chi connectivity index (χ2n) is 16.2. The zero-order valence-corrected chi connectivity index (χ0v) is 32.7. The summed E-state index contributed by atoms with van der Waals surface area (Å²) < 4.78 is 11.6. The molecule has 54 heavy (non-hydrogen) atoms. The van der Waals surface area contributed by atoms with Gasteiger partial charge >= 0.3 is 6.03 Å². The maximum atomic E-state index is 12.8. The quantitative estimate of drug-likeness (QED) is 0.145. The van der Waals surface area contributed by atoms with Gasteiger partial charge in [-0.05, 0) is 78.7 Å². The van der Waals surface area contributed by atoms with Crippen molar-refractivity contribution in [1.82, 2.24) is 20.4 Å². The number of aryl methyl sites for hydroxylation is 1. The number of hydrogen-bond donors (Lipinski definition) is 7. The Kier molecular flexibility index (Phi) is 14.7. The Bertz CT molecular complexity index is 1540. The van der Waals surface area contributed by atoms with E-state index in [1.807, 2.05) is 18.7 Å². The number of rotatable bonds is 13. The number of allylic oxidation sites excluding steroid dienone is 1. The fraction of sp³-hybridized carbons (Fsp3) is 0.675. The number of amides is 3. The third-order valence-corrected chi connectivity index (χ3v) is 11.3. The second-order valence-corrected chi connectivity index (χ2v) is 16.2. The fourth-order valence-electron chi connectivity index (χ4n) is 7.91. The van der Waals surface area contributed by atoms with Gasteiger partial charge in [0.2, 0.25) is 12.2 Å². The van der Waals surface area contributed by atoms with Gasteiger partial charge in [0.1, 0.15) is 30.1 Å². The highest BCUT2D eigenvalue weighted by molar-refractivity contribution is 5.95. The number of carbonyl (C=O) groups is 2. The van der Waals surface area contributed by atoms with Gasteiger partial charge in [-0.15, -0.1) is 0 Å². The van der Waals surface area contributed by atoms with E-state index in [-0.39, 0.29) is 29.8 Å². The van der Waals surface area contributed by atoms with Crippen molar-refractivity contribution in [3.63, 3.8) is 0 Å². The lowest BCUT2D eigenvalue weighted by atomic mass is 9.72. The first-order valence-corrected chi connectivity index (χ1v) is 19.7. The van der Waals surface area contributed by atoms with Crippen LogP contribution in [0.2, 0.25) is 0 Å². The number of likely N-dealkylation sites (tertiary alicyclic amines) is 2. The highest BCUT2D eigenvalue weighted by atomic mass is 16.7. The van der Waals surface area contributed by atoms with Gasteiger partial charge in [-0.1, -0.05) is 58.0 Å². The van der Waals surface area contributed by atoms with Gasteiger partial charge in [-0.2, -0.15) is 5.43 Å². The van der Waals surface area contributed by atoms with Crippen molar-refractivity contribution in [3.8, 4) is 0 Å². The van der Waals surface area contributed by atoms with Crippen LogP contribution in [0.3, 0.4) is 0 Å². The number of piperidine rings is 2. The van der Waals surface area contributed by atoms with Crippen molar-refractivity contribution in [2.24, 2.45) is 22.4 Å². The molecule has 0 saturated carbocycles. The van der Waals surface area contributed by atoms with Gasteiger partial charge < -0.3 is 50.3 Å². The number of ether oxygens (including phenoxy) is 2. The van der Waals surface area contributed by atoms with Crippen LogP contribution in [0, 0.1) is 24.2 Å². The van der Waals surface area contributed by atoms with Crippen LogP contribution in [0.4, 0.5) is 4.79 Å². The number of benzene rings is 1. The van der Waals surface area contributed by atoms with Crippen LogP contribution in [0.25, 0.3) is 6.08 Å². The molecule has 300 valence electrons. The third kappa shape index (κ3) is 10.7. The van der Waals surface area contributed by atoms with E-state index in [1.165, 1.54) is 12.8 Å². The normalized spacial score (nSPS) is 26.2. The predicted molar refractivity (Wildman–Crippen MR) is 205 cm³/mol. The summed E-state index contributed by atoms with van der Waals surface area (Å²) >= 11 is 0. The first kappa shape index (κ1) is 41.8. The molecule has 0 radical (unpaired) electrons. The SMILES string of the molecule is Cc1cc(C=CCCN2CCCC3(CCN(C(=O)CNC(=O)NCC(C)C)CC3)C2)ccc1CC1=C(C(C)C)[NH2+]N=C1OC1OC(CO)C(O)C(O)C1O. The van der Waals surface area contributed by atoms with Gasteiger partial charge in [-0.3, -0.25) is 4.79 Å². The van der Waals surface area contributed by atoms with E-state index in [2.05, 4.69) is 71.8 Å². The molecule has 8 N–H and O–H groups in total. The number of aliphatic hydroxyl groups excluding tert-OH is 4. The molecular formula is C40H63N6O8+. The molecule has 1 aromatic carbocycles. The molecule has 14 nitrogen and oxygen atoms in total. The van der Waals surface area contributed by atoms with Gasteiger partial charge in [0.15, 0.2) is 0 Å². The molecular weight excluding hydrogens is 692 g/mol. The summed E-state index contributed by atoms with van der Waals surface area (Å²) in [7, 11) is 0. The zero-order chi connectivity index (χ0) is 39.0. The number of nitrogens with one attached hydrogen (secondary N) is 2. The molecule has 0 aromatic heterocycles. The highest BCUT2D eigenvalue weighted by Gasteiger charge is 2.46. The Morgan fingerprint density at radius 2 is 1.83 bits per heavy atom. The number of nitrogens with zero attached hydrogens (tertiary/aromatic N) is 3. The van der Waals surface area contributed by atoms with Crippen LogP contribution in [-0.2, 0) is 20.7 Å². The molecule has 0 bridgehead atoms. The molecule has 14 heteroatoms. The topological polar surface area (TPSA) is 193 Å². The van der Waals surface area contributed by atoms with Crippen LogP contribution in [0.5, 0.6) is 0 Å². The van der Waals surface area contributed by atoms with E-state index >= 15 is 0 Å². The zero-order valence-electron chi connectivity index (χ0n) is 32.7. The molecule has 5 unspecified atom stereocenters. The molecule has 5 rings (SSSR count). The summed E-state index contributed by atoms with van der Waals surface area (Å²) in [5, 5.41) is 50.5. The second kappa shape index (κ2) is 19.0. The van der Waals surface area contributed by atoms with Crippen LogP contribution in [-0.4, -0.2) is 131 Å². The summed E-state index contributed by atoms with van der Waals surface area (Å²) in [6.45, 7) is 15.0. The van der Waals surface area contributed by atoms with Crippen molar-refractivity contribution < 1.29 is 44.9 Å². The molecule has 3 fully saturated rings. The van der Waals surface area contributed by atoms with E-state index < -0.39 is 37.3 Å². The highest BCUT2D eigenvalue weighted by Crippen LogP contribution is 2.40. The average Bonchev–Trinajstić information content (AvgIpc) is 3.55. The standard InChI is InChI=1S/C40H62N6O8/c1-25(2)21-41-39(52)42-22-32(48)46-17-13-40(14-18-46)12-8-16-45(24-40)15-7-6-9-28-10-11-29(27(5)19-28)20-30-33(26(3)4)43-44-37(30)54-38-36(51)35(50)34(49)31(23-47)53-38/h6,9-11,19,25-26,31,34-36,38,47,49-51H,7-8,12-18,20-24H2,1-5H3,(H,43,44)(H2,41,42,52)/p+1. The molecule has 0 aliphatic carbocycles. The lowest BCUT2D eigenvalue weighted by molar-refractivity contribution is -0.615. The minimum atomic E-state index is -1.53. The van der Waals surface area contributed by atoms with Gasteiger partial charge in [0.05, 0.1) is 18.7 Å². The van der Waals surface area contributed by atoms with Gasteiger partial charge in [-0.25, -0.2) is 4.79 Å². The lowest BCUT2D eigenvalue weighted by Gasteiger charge is -2.47. The van der Waals surface area contributed by atoms with Crippen molar-refractivity contribution in [1.29, 1.82) is 0 Å². The number of nitrogens with two attached hydrogens (primary N) is 1. The largest absolute Gasteiger partial charge is 0.441 e. The third-order valence-electron chi connectivity index (χ3n) is 11.3. The maximum Gasteiger partial charge on any atom is 0.315 e. The molecule has 1 aromatic rings. The monoisotopic (exact) mass is 755 g/mol. The maximum absolute atomic E-state index is 12.8. The summed E-state index contributed by atoms with van der Waals surface area (Å²) in [5.41, 5.74) is 7.24. The first-order valence-electron chi connectivity index (χ1n) is 19.7. The van der Waals surface area contributed by atoms with Crippen LogP contribution < -0.4 is 16.1 Å². The van der Waals surface area contributed by atoms with Crippen molar-refractivity contribution in [2.45, 2.75) is 104 Å². The summed E-state index contributed by atoms with van der Waals surface area (Å²) in [6, 6.07) is 6.11. The van der Waals surface area contributed by atoms with Crippen molar-refractivity contribution in [3.05, 3.63) is 52.2 Å². The number of urea groups is 1. The number of aliphatic hydroxyl groups is 4. The van der Waals surface area contributed by atoms with E-state index in [4.69, 9.17) is 9.47 Å². The van der Waals surface area contributed by atoms with E-state index in [9.17, 15) is 30.0 Å². The molecule has 3 saturated heterocycles. The molecule has 4 heterocycles. The molecule has 4 aliphatic heterocycles. The fourth-order valence-corrected chi connectivity index (χ4v) is 7.91. The smallest absolute Gasteiger partial charge is 0.315 e. The van der Waals surface area contributed by atoms with E-state index in [1.54, 1.807) is 5.43 Å². The Balaban J connectivity index is 1.10. The Labute approximate surface area is 319 Å². The van der Waals surface area contributed by atoms with Crippen LogP contribution in [0.1, 0.15) is 76.5 Å². The Morgan fingerprint density at radius 3 is 2.52 bits per heavy atom. The predicted octanol–water partition coefficient (Wildman–Crippen LogP) is 1.22. The number of carbonyl (C=O) groups excluding carboxylic acids is 2. The molecule has 1 spiro atoms. The van der Waals surface area contributed by atoms with Gasteiger partial charge in [0.25, 0.3) is 5.90 Å². The van der Waals surface area contributed by atoms with E-state index in [0.29, 0.717) is 24.8 Å². The average molecular weight is 756 g/mol.